The second-order valence-corrected chi connectivity index (χ2v) is 4.31. The number of hydrogen-bond donors (Lipinski definition) is 1. The molecule has 0 spiro atoms. The molecule has 1 aliphatic heterocycles. The summed E-state index contributed by atoms with van der Waals surface area (Å²) in [5.41, 5.74) is 2.59. The molecular weight excluding hydrogens is 198 g/mol. The zero-order valence-corrected chi connectivity index (χ0v) is 9.61. The van der Waals surface area contributed by atoms with E-state index in [9.17, 15) is 0 Å². The summed E-state index contributed by atoms with van der Waals surface area (Å²) < 4.78 is 0. The van der Waals surface area contributed by atoms with Crippen LogP contribution in [0.2, 0.25) is 0 Å². The third kappa shape index (κ3) is 2.53. The minimum atomic E-state index is 0.451. The maximum absolute atomic E-state index is 8.52. The van der Waals surface area contributed by atoms with Crippen molar-refractivity contribution in [2.75, 3.05) is 24.5 Å². The molecule has 0 amide bonds. The van der Waals surface area contributed by atoms with Gasteiger partial charge in [-0.05, 0) is 31.0 Å². The summed E-state index contributed by atoms with van der Waals surface area (Å²) in [7, 11) is 0. The lowest BCUT2D eigenvalue weighted by Gasteiger charge is -2.19. The van der Waals surface area contributed by atoms with Crippen molar-refractivity contribution in [2.24, 2.45) is 0 Å². The monoisotopic (exact) mass is 215 g/mol. The third-order valence-corrected chi connectivity index (χ3v) is 3.02. The molecule has 1 fully saturated rings. The first kappa shape index (κ1) is 11.0. The summed E-state index contributed by atoms with van der Waals surface area (Å²) in [6.07, 6.45) is 1.12. The molecule has 1 unspecified atom stereocenters. The molecule has 84 valence electrons. The zero-order valence-electron chi connectivity index (χ0n) is 9.61. The van der Waals surface area contributed by atoms with Crippen LogP contribution >= 0.6 is 0 Å². The van der Waals surface area contributed by atoms with Gasteiger partial charge in [-0.25, -0.2) is 0 Å². The minimum absolute atomic E-state index is 0.451. The van der Waals surface area contributed by atoms with Crippen LogP contribution in [0.25, 0.3) is 0 Å². The van der Waals surface area contributed by atoms with Crippen molar-refractivity contribution in [3.8, 4) is 6.07 Å². The van der Waals surface area contributed by atoms with Gasteiger partial charge in [0.1, 0.15) is 0 Å². The smallest absolute Gasteiger partial charge is 0.0843 e. The molecule has 1 atom stereocenters. The van der Waals surface area contributed by atoms with Crippen LogP contribution in [0.15, 0.2) is 24.3 Å². The fourth-order valence-corrected chi connectivity index (χ4v) is 2.18. The van der Waals surface area contributed by atoms with Gasteiger partial charge in [-0.1, -0.05) is 12.1 Å². The average Bonchev–Trinajstić information content (AvgIpc) is 2.75. The predicted octanol–water partition coefficient (Wildman–Crippen LogP) is 1.69. The second kappa shape index (κ2) is 5.00. The van der Waals surface area contributed by atoms with Gasteiger partial charge in [0.2, 0.25) is 0 Å². The Morgan fingerprint density at radius 2 is 2.44 bits per heavy atom. The number of nitrogens with zero attached hydrogens (tertiary/aromatic N) is 2. The van der Waals surface area contributed by atoms with Crippen LogP contribution in [-0.4, -0.2) is 25.7 Å². The van der Waals surface area contributed by atoms with Crippen LogP contribution in [0.4, 0.5) is 5.69 Å². The first-order chi connectivity index (χ1) is 7.79. The van der Waals surface area contributed by atoms with Crippen LogP contribution in [0.5, 0.6) is 0 Å². The van der Waals surface area contributed by atoms with Crippen molar-refractivity contribution in [2.45, 2.75) is 19.4 Å². The molecule has 1 heterocycles. The third-order valence-electron chi connectivity index (χ3n) is 3.02. The predicted molar refractivity (Wildman–Crippen MR) is 65.4 cm³/mol. The van der Waals surface area contributed by atoms with Gasteiger partial charge in [0.05, 0.1) is 12.6 Å². The standard InChI is InChI=1S/C13H17N3/c1-11-3-2-4-13(9-11)16-8-5-12(10-16)15-7-6-14/h2-4,9,12,15H,5,7-8,10H2,1H3. The van der Waals surface area contributed by atoms with Crippen molar-refractivity contribution in [3.05, 3.63) is 29.8 Å². The maximum atomic E-state index is 8.52. The van der Waals surface area contributed by atoms with E-state index in [2.05, 4.69) is 47.5 Å². The van der Waals surface area contributed by atoms with Crippen LogP contribution in [-0.2, 0) is 0 Å². The van der Waals surface area contributed by atoms with E-state index < -0.39 is 0 Å². The molecule has 1 aliphatic rings. The average molecular weight is 215 g/mol. The van der Waals surface area contributed by atoms with Crippen molar-refractivity contribution in [1.29, 1.82) is 5.26 Å². The Bertz CT molecular complexity index is 394. The van der Waals surface area contributed by atoms with Crippen LogP contribution in [0, 0.1) is 18.3 Å². The molecule has 0 aliphatic carbocycles. The van der Waals surface area contributed by atoms with Gasteiger partial charge >= 0.3 is 0 Å². The fourth-order valence-electron chi connectivity index (χ4n) is 2.18. The Morgan fingerprint density at radius 1 is 1.56 bits per heavy atom. The largest absolute Gasteiger partial charge is 0.370 e. The normalized spacial score (nSPS) is 19.8. The lowest BCUT2D eigenvalue weighted by atomic mass is 10.2. The van der Waals surface area contributed by atoms with E-state index in [4.69, 9.17) is 5.26 Å². The second-order valence-electron chi connectivity index (χ2n) is 4.31. The van der Waals surface area contributed by atoms with E-state index in [1.54, 1.807) is 0 Å². The number of hydrogen-bond acceptors (Lipinski definition) is 3. The molecular formula is C13H17N3. The van der Waals surface area contributed by atoms with Gasteiger partial charge in [0.15, 0.2) is 0 Å². The van der Waals surface area contributed by atoms with Gasteiger partial charge < -0.3 is 4.90 Å². The van der Waals surface area contributed by atoms with E-state index in [0.717, 1.165) is 19.5 Å². The fraction of sp³-hybridized carbons (Fsp3) is 0.462. The summed E-state index contributed by atoms with van der Waals surface area (Å²) in [6, 6.07) is 11.2. The quantitative estimate of drug-likeness (QED) is 0.780. The van der Waals surface area contributed by atoms with Crippen LogP contribution in [0.3, 0.4) is 0 Å². The van der Waals surface area contributed by atoms with Crippen molar-refractivity contribution < 1.29 is 0 Å². The summed E-state index contributed by atoms with van der Waals surface area (Å²) >= 11 is 0. The zero-order chi connectivity index (χ0) is 11.4. The Labute approximate surface area is 96.7 Å². The summed E-state index contributed by atoms with van der Waals surface area (Å²) in [5.74, 6) is 0. The minimum Gasteiger partial charge on any atom is -0.370 e. The Hall–Kier alpha value is -1.53. The van der Waals surface area contributed by atoms with Crippen molar-refractivity contribution >= 4 is 5.69 Å². The highest BCUT2D eigenvalue weighted by atomic mass is 15.2. The van der Waals surface area contributed by atoms with Gasteiger partial charge in [0, 0.05) is 24.8 Å². The van der Waals surface area contributed by atoms with Crippen molar-refractivity contribution in [3.63, 3.8) is 0 Å². The molecule has 1 saturated heterocycles. The number of anilines is 1. The summed E-state index contributed by atoms with van der Waals surface area (Å²) in [4.78, 5) is 2.38. The molecule has 16 heavy (non-hydrogen) atoms. The van der Waals surface area contributed by atoms with Gasteiger partial charge in [-0.15, -0.1) is 0 Å². The number of nitrogens with one attached hydrogen (secondary N) is 1. The van der Waals surface area contributed by atoms with E-state index in [0.29, 0.717) is 12.6 Å². The van der Waals surface area contributed by atoms with E-state index in [1.807, 2.05) is 0 Å². The molecule has 0 bridgehead atoms. The van der Waals surface area contributed by atoms with E-state index >= 15 is 0 Å². The molecule has 3 nitrogen and oxygen atoms in total. The molecule has 0 aromatic heterocycles. The van der Waals surface area contributed by atoms with Crippen LogP contribution in [0.1, 0.15) is 12.0 Å². The lowest BCUT2D eigenvalue weighted by molar-refractivity contribution is 0.591. The Kier molecular flexibility index (Phi) is 3.43. The molecule has 2 rings (SSSR count). The Balaban J connectivity index is 1.96. The van der Waals surface area contributed by atoms with E-state index in [1.165, 1.54) is 11.3 Å². The highest BCUT2D eigenvalue weighted by Gasteiger charge is 2.21. The highest BCUT2D eigenvalue weighted by Crippen LogP contribution is 2.21. The molecule has 0 radical (unpaired) electrons. The first-order valence-electron chi connectivity index (χ1n) is 5.71. The maximum Gasteiger partial charge on any atom is 0.0843 e. The first-order valence-corrected chi connectivity index (χ1v) is 5.71. The highest BCUT2D eigenvalue weighted by molar-refractivity contribution is 5.49. The summed E-state index contributed by atoms with van der Waals surface area (Å²) in [5, 5.41) is 11.8. The SMILES string of the molecule is Cc1cccc(N2CCC(NCC#N)C2)c1. The van der Waals surface area contributed by atoms with Crippen molar-refractivity contribution in [1.82, 2.24) is 5.32 Å². The topological polar surface area (TPSA) is 39.1 Å². The number of benzene rings is 1. The lowest BCUT2D eigenvalue weighted by Crippen LogP contribution is -2.32. The molecule has 3 heteroatoms. The number of rotatable bonds is 3. The molecule has 0 saturated carbocycles. The van der Waals surface area contributed by atoms with E-state index in [-0.39, 0.29) is 0 Å². The Morgan fingerprint density at radius 3 is 3.19 bits per heavy atom. The number of nitriles is 1. The number of aryl methyl sites for hydroxylation is 1. The van der Waals surface area contributed by atoms with Gasteiger partial charge in [-0.2, -0.15) is 5.26 Å². The van der Waals surface area contributed by atoms with Gasteiger partial charge in [0.25, 0.3) is 0 Å². The summed E-state index contributed by atoms with van der Waals surface area (Å²) in [6.45, 7) is 4.65. The molecule has 1 aromatic carbocycles. The van der Waals surface area contributed by atoms with Gasteiger partial charge in [-0.3, -0.25) is 5.32 Å². The molecule has 1 aromatic rings. The van der Waals surface area contributed by atoms with Crippen LogP contribution < -0.4 is 10.2 Å². The molecule has 1 N–H and O–H groups in total.